The molecule has 2 amide bonds. The van der Waals surface area contributed by atoms with Crippen LogP contribution < -0.4 is 10.6 Å². The number of carbonyl (C=O) groups excluding carboxylic acids is 2. The molecule has 1 aromatic carbocycles. The number of anilines is 2. The molecule has 0 aliphatic heterocycles. The summed E-state index contributed by atoms with van der Waals surface area (Å²) >= 11 is 0. The molecule has 4 nitrogen and oxygen atoms in total. The summed E-state index contributed by atoms with van der Waals surface area (Å²) in [5.41, 5.74) is 2.74. The predicted molar refractivity (Wildman–Crippen MR) is 124 cm³/mol. The Morgan fingerprint density at radius 2 is 1.35 bits per heavy atom. The van der Waals surface area contributed by atoms with Gasteiger partial charge < -0.3 is 10.6 Å². The van der Waals surface area contributed by atoms with Crippen molar-refractivity contribution in [2.24, 2.45) is 40.4 Å². The molecule has 5 aliphatic carbocycles. The minimum Gasteiger partial charge on any atom is -0.326 e. The maximum absolute atomic E-state index is 13.2. The standard InChI is InChI=1S/C27H36N2O2/c1-16(2)9-22-23(26(22,3)4)24(30)28-20-5-7-21(8-6-20)29-25(31)27-13-17-10-18(14-27)12-19(11-17)15-27/h5-9,17-19,22-23H,10-15H2,1-4H3,(H,28,30)(H,29,31)/t17?,18?,19?,22-,23-,27?/m1/s1. The molecule has 166 valence electrons. The number of allylic oxidation sites excluding steroid dienone is 2. The molecule has 2 atom stereocenters. The maximum atomic E-state index is 13.2. The van der Waals surface area contributed by atoms with Gasteiger partial charge in [0, 0.05) is 11.4 Å². The smallest absolute Gasteiger partial charge is 0.230 e. The van der Waals surface area contributed by atoms with E-state index in [4.69, 9.17) is 0 Å². The molecule has 0 aromatic heterocycles. The van der Waals surface area contributed by atoms with Gasteiger partial charge in [0.15, 0.2) is 0 Å². The molecule has 6 rings (SSSR count). The van der Waals surface area contributed by atoms with Crippen molar-refractivity contribution in [2.45, 2.75) is 66.2 Å². The highest BCUT2D eigenvalue weighted by atomic mass is 16.2. The van der Waals surface area contributed by atoms with Crippen LogP contribution in [-0.4, -0.2) is 11.8 Å². The summed E-state index contributed by atoms with van der Waals surface area (Å²) in [7, 11) is 0. The highest BCUT2D eigenvalue weighted by Crippen LogP contribution is 2.61. The second-order valence-electron chi connectivity index (χ2n) is 11.8. The zero-order chi connectivity index (χ0) is 22.0. The Kier molecular flexibility index (Phi) is 4.84. The lowest BCUT2D eigenvalue weighted by Crippen LogP contribution is -2.51. The number of hydrogen-bond acceptors (Lipinski definition) is 2. The normalized spacial score (nSPS) is 36.6. The van der Waals surface area contributed by atoms with Crippen LogP contribution in [0, 0.1) is 40.4 Å². The SMILES string of the molecule is CC(C)=C[C@@H]1[C@H](C(=O)Nc2ccc(NC(=O)C34CC5CC(CC(C5)C3)C4)cc2)C1(C)C. The van der Waals surface area contributed by atoms with E-state index in [2.05, 4.69) is 44.4 Å². The molecular formula is C27H36N2O2. The van der Waals surface area contributed by atoms with E-state index in [0.29, 0.717) is 5.92 Å². The minimum absolute atomic E-state index is 0.00707. The Bertz CT molecular complexity index is 888. The van der Waals surface area contributed by atoms with Gasteiger partial charge in [0.1, 0.15) is 0 Å². The zero-order valence-corrected chi connectivity index (χ0v) is 19.3. The van der Waals surface area contributed by atoms with E-state index in [1.807, 2.05) is 24.3 Å². The Balaban J connectivity index is 1.21. The zero-order valence-electron chi connectivity index (χ0n) is 19.3. The first kappa shape index (κ1) is 20.8. The van der Waals surface area contributed by atoms with Crippen LogP contribution in [0.5, 0.6) is 0 Å². The summed E-state index contributed by atoms with van der Waals surface area (Å²) < 4.78 is 0. The first-order chi connectivity index (χ1) is 14.7. The lowest BCUT2D eigenvalue weighted by molar-refractivity contribution is -0.140. The van der Waals surface area contributed by atoms with Crippen LogP contribution in [0.4, 0.5) is 11.4 Å². The lowest BCUT2D eigenvalue weighted by Gasteiger charge is -2.55. The average molecular weight is 421 g/mol. The summed E-state index contributed by atoms with van der Waals surface area (Å²) in [4.78, 5) is 26.0. The predicted octanol–water partition coefficient (Wildman–Crippen LogP) is 6.02. The second kappa shape index (κ2) is 7.21. The van der Waals surface area contributed by atoms with Gasteiger partial charge in [-0.05, 0) is 106 Å². The summed E-state index contributed by atoms with van der Waals surface area (Å²) in [5.74, 6) is 2.89. The number of nitrogens with one attached hydrogen (secondary N) is 2. The third kappa shape index (κ3) is 3.72. The van der Waals surface area contributed by atoms with Gasteiger partial charge in [-0.1, -0.05) is 25.5 Å². The molecule has 0 spiro atoms. The largest absolute Gasteiger partial charge is 0.326 e. The van der Waals surface area contributed by atoms with Crippen molar-refractivity contribution in [3.8, 4) is 0 Å². The van der Waals surface area contributed by atoms with Gasteiger partial charge in [-0.15, -0.1) is 0 Å². The van der Waals surface area contributed by atoms with Crippen molar-refractivity contribution < 1.29 is 9.59 Å². The fourth-order valence-corrected chi connectivity index (χ4v) is 7.36. The summed E-state index contributed by atoms with van der Waals surface area (Å²) in [5, 5.41) is 6.27. The van der Waals surface area contributed by atoms with Gasteiger partial charge >= 0.3 is 0 Å². The molecular weight excluding hydrogens is 384 g/mol. The third-order valence-corrected chi connectivity index (χ3v) is 8.64. The molecule has 4 bridgehead atoms. The Morgan fingerprint density at radius 3 is 1.84 bits per heavy atom. The second-order valence-corrected chi connectivity index (χ2v) is 11.8. The van der Waals surface area contributed by atoms with Crippen LogP contribution in [0.3, 0.4) is 0 Å². The quantitative estimate of drug-likeness (QED) is 0.572. The summed E-state index contributed by atoms with van der Waals surface area (Å²) in [6.45, 7) is 8.48. The highest BCUT2D eigenvalue weighted by Gasteiger charge is 2.60. The molecule has 0 unspecified atom stereocenters. The van der Waals surface area contributed by atoms with Crippen LogP contribution in [-0.2, 0) is 9.59 Å². The first-order valence-electron chi connectivity index (χ1n) is 12.0. The van der Waals surface area contributed by atoms with E-state index >= 15 is 0 Å². The van der Waals surface area contributed by atoms with Gasteiger partial charge in [0.25, 0.3) is 0 Å². The first-order valence-corrected chi connectivity index (χ1v) is 12.0. The molecule has 5 fully saturated rings. The van der Waals surface area contributed by atoms with Crippen LogP contribution in [0.15, 0.2) is 35.9 Å². The van der Waals surface area contributed by atoms with Gasteiger partial charge in [0.2, 0.25) is 11.8 Å². The number of amides is 2. The highest BCUT2D eigenvalue weighted by molar-refractivity contribution is 5.97. The van der Waals surface area contributed by atoms with Gasteiger partial charge in [-0.3, -0.25) is 9.59 Å². The maximum Gasteiger partial charge on any atom is 0.230 e. The van der Waals surface area contributed by atoms with Crippen molar-refractivity contribution in [1.29, 1.82) is 0 Å². The van der Waals surface area contributed by atoms with Crippen molar-refractivity contribution in [3.63, 3.8) is 0 Å². The molecule has 4 heteroatoms. The molecule has 0 heterocycles. The number of benzene rings is 1. The van der Waals surface area contributed by atoms with Crippen LogP contribution in [0.1, 0.15) is 66.2 Å². The van der Waals surface area contributed by atoms with Gasteiger partial charge in [0.05, 0.1) is 11.3 Å². The molecule has 1 aromatic rings. The van der Waals surface area contributed by atoms with Gasteiger partial charge in [-0.25, -0.2) is 0 Å². The topological polar surface area (TPSA) is 58.2 Å². The Labute approximate surface area is 186 Å². The lowest BCUT2D eigenvalue weighted by atomic mass is 9.49. The van der Waals surface area contributed by atoms with Crippen molar-refractivity contribution in [3.05, 3.63) is 35.9 Å². The third-order valence-electron chi connectivity index (χ3n) is 8.64. The number of carbonyl (C=O) groups is 2. The van der Waals surface area contributed by atoms with E-state index in [0.717, 1.165) is 48.4 Å². The number of hydrogen-bond donors (Lipinski definition) is 2. The summed E-state index contributed by atoms with van der Waals surface area (Å²) in [6.07, 6.45) is 9.45. The molecule has 2 N–H and O–H groups in total. The molecule has 0 saturated heterocycles. The molecule has 5 aliphatic rings. The van der Waals surface area contributed by atoms with E-state index in [9.17, 15) is 9.59 Å². The fourth-order valence-electron chi connectivity index (χ4n) is 7.36. The summed E-state index contributed by atoms with van der Waals surface area (Å²) in [6, 6.07) is 7.64. The Hall–Kier alpha value is -2.10. The average Bonchev–Trinajstić information content (AvgIpc) is 3.21. The monoisotopic (exact) mass is 420 g/mol. The minimum atomic E-state index is -0.140. The number of rotatable bonds is 5. The van der Waals surface area contributed by atoms with Crippen molar-refractivity contribution in [2.75, 3.05) is 10.6 Å². The fraction of sp³-hybridized carbons (Fsp3) is 0.630. The van der Waals surface area contributed by atoms with E-state index in [-0.39, 0.29) is 28.6 Å². The van der Waals surface area contributed by atoms with Crippen molar-refractivity contribution >= 4 is 23.2 Å². The van der Waals surface area contributed by atoms with Crippen LogP contribution >= 0.6 is 0 Å². The molecule has 31 heavy (non-hydrogen) atoms. The van der Waals surface area contributed by atoms with Gasteiger partial charge in [-0.2, -0.15) is 0 Å². The Morgan fingerprint density at radius 1 is 0.871 bits per heavy atom. The van der Waals surface area contributed by atoms with E-state index in [1.54, 1.807) is 0 Å². The van der Waals surface area contributed by atoms with E-state index in [1.165, 1.54) is 24.8 Å². The van der Waals surface area contributed by atoms with Crippen molar-refractivity contribution in [1.82, 2.24) is 0 Å². The molecule has 5 saturated carbocycles. The van der Waals surface area contributed by atoms with E-state index < -0.39 is 0 Å². The molecule has 0 radical (unpaired) electrons. The van der Waals surface area contributed by atoms with Crippen LogP contribution in [0.25, 0.3) is 0 Å². The van der Waals surface area contributed by atoms with Crippen LogP contribution in [0.2, 0.25) is 0 Å².